The number of ketones is 1. The molecule has 4 rings (SSSR count). The van der Waals surface area contributed by atoms with Crippen LogP contribution in [0.5, 0.6) is 0 Å². The Hall–Kier alpha value is -3.53. The summed E-state index contributed by atoms with van der Waals surface area (Å²) < 4.78 is 15.5. The van der Waals surface area contributed by atoms with Gasteiger partial charge in [0.05, 0.1) is 4.92 Å². The number of hydrogen-bond acceptors (Lipinski definition) is 7. The van der Waals surface area contributed by atoms with Crippen LogP contribution in [-0.4, -0.2) is 25.5 Å². The minimum absolute atomic E-state index is 0.0392. The third kappa shape index (κ3) is 4.06. The highest BCUT2D eigenvalue weighted by Gasteiger charge is 2.33. The number of carbonyl (C=O) groups excluding carboxylic acids is 1. The van der Waals surface area contributed by atoms with Crippen molar-refractivity contribution in [3.05, 3.63) is 86.9 Å². The van der Waals surface area contributed by atoms with Crippen molar-refractivity contribution in [2.45, 2.75) is 30.8 Å². The molecule has 1 aromatic heterocycles. The Bertz CT molecular complexity index is 1210. The molecule has 8 nitrogen and oxygen atoms in total. The van der Waals surface area contributed by atoms with Crippen molar-refractivity contribution in [2.75, 3.05) is 5.32 Å². The van der Waals surface area contributed by atoms with Gasteiger partial charge in [0.15, 0.2) is 5.78 Å². The summed E-state index contributed by atoms with van der Waals surface area (Å²) in [7, 11) is 0. The molecule has 0 bridgehead atoms. The number of anilines is 1. The van der Waals surface area contributed by atoms with Crippen LogP contribution in [0.15, 0.2) is 65.0 Å². The number of nitro benzene ring substituents is 1. The Labute approximate surface area is 181 Å². The van der Waals surface area contributed by atoms with Gasteiger partial charge in [-0.2, -0.15) is 4.98 Å². The molecule has 31 heavy (non-hydrogen) atoms. The van der Waals surface area contributed by atoms with Gasteiger partial charge in [-0.1, -0.05) is 30.0 Å². The molecule has 158 valence electrons. The van der Waals surface area contributed by atoms with E-state index in [9.17, 15) is 19.3 Å². The fourth-order valence-electron chi connectivity index (χ4n) is 3.49. The van der Waals surface area contributed by atoms with E-state index in [0.717, 1.165) is 0 Å². The lowest BCUT2D eigenvalue weighted by atomic mass is 9.93. The van der Waals surface area contributed by atoms with E-state index in [-0.39, 0.29) is 17.3 Å². The van der Waals surface area contributed by atoms with Gasteiger partial charge in [-0.25, -0.2) is 9.07 Å². The Morgan fingerprint density at radius 2 is 1.97 bits per heavy atom. The first-order valence-electron chi connectivity index (χ1n) is 9.41. The molecule has 3 aromatic rings. The summed E-state index contributed by atoms with van der Waals surface area (Å²) >= 11 is 1.28. The zero-order valence-corrected chi connectivity index (χ0v) is 17.5. The first-order chi connectivity index (χ1) is 14.8. The average Bonchev–Trinajstić information content (AvgIpc) is 3.14. The van der Waals surface area contributed by atoms with E-state index in [4.69, 9.17) is 0 Å². The standard InChI is InChI=1S/C21H18FN5O3S/c1-12-18(13(2)28)19(14-7-9-16(10-8-14)27(29)30)26-20(23-12)24-21(25-26)31-11-15-5-3-4-6-17(15)22/h3-10,19H,11H2,1-2H3,(H,23,24,25). The molecule has 0 fully saturated rings. The molecule has 1 N–H and O–H groups in total. The number of nitrogens with one attached hydrogen (secondary N) is 1. The van der Waals surface area contributed by atoms with Crippen molar-refractivity contribution in [3.8, 4) is 0 Å². The number of benzene rings is 2. The highest BCUT2D eigenvalue weighted by Crippen LogP contribution is 2.37. The SMILES string of the molecule is CC(=O)C1=C(C)Nc2nc(SCc3ccccc3F)nn2C1c1ccc([N+](=O)[O-])cc1. The van der Waals surface area contributed by atoms with Gasteiger partial charge >= 0.3 is 0 Å². The summed E-state index contributed by atoms with van der Waals surface area (Å²) in [5.74, 6) is 0.360. The van der Waals surface area contributed by atoms with Crippen molar-refractivity contribution < 1.29 is 14.1 Å². The molecule has 1 aliphatic rings. The van der Waals surface area contributed by atoms with E-state index in [1.54, 1.807) is 41.9 Å². The smallest absolute Gasteiger partial charge is 0.269 e. The average molecular weight is 439 g/mol. The minimum atomic E-state index is -0.579. The highest BCUT2D eigenvalue weighted by molar-refractivity contribution is 7.98. The molecule has 0 amide bonds. The number of fused-ring (bicyclic) bond motifs is 1. The summed E-state index contributed by atoms with van der Waals surface area (Å²) in [6.07, 6.45) is 0. The number of thioether (sulfide) groups is 1. The number of nitrogens with zero attached hydrogens (tertiary/aromatic N) is 4. The van der Waals surface area contributed by atoms with Gasteiger partial charge in [0.1, 0.15) is 11.9 Å². The molecule has 0 saturated heterocycles. The van der Waals surface area contributed by atoms with Crippen molar-refractivity contribution in [1.29, 1.82) is 0 Å². The lowest BCUT2D eigenvalue weighted by Crippen LogP contribution is -2.27. The van der Waals surface area contributed by atoms with E-state index >= 15 is 0 Å². The molecule has 1 atom stereocenters. The summed E-state index contributed by atoms with van der Waals surface area (Å²) in [5.41, 5.74) is 2.31. The summed E-state index contributed by atoms with van der Waals surface area (Å²) in [4.78, 5) is 27.4. The number of allylic oxidation sites excluding steroid dienone is 2. The van der Waals surface area contributed by atoms with Crippen LogP contribution in [0.2, 0.25) is 0 Å². The lowest BCUT2D eigenvalue weighted by Gasteiger charge is -2.27. The van der Waals surface area contributed by atoms with Crippen LogP contribution in [0, 0.1) is 15.9 Å². The van der Waals surface area contributed by atoms with Gasteiger partial charge in [-0.15, -0.1) is 5.10 Å². The molecular weight excluding hydrogens is 421 g/mol. The lowest BCUT2D eigenvalue weighted by molar-refractivity contribution is -0.384. The largest absolute Gasteiger partial charge is 0.328 e. The monoisotopic (exact) mass is 439 g/mol. The van der Waals surface area contributed by atoms with E-state index in [2.05, 4.69) is 15.4 Å². The molecule has 0 aliphatic carbocycles. The number of halogens is 1. The third-order valence-electron chi connectivity index (χ3n) is 4.95. The van der Waals surface area contributed by atoms with Gasteiger partial charge in [0, 0.05) is 29.2 Å². The van der Waals surface area contributed by atoms with Crippen molar-refractivity contribution in [3.63, 3.8) is 0 Å². The minimum Gasteiger partial charge on any atom is -0.328 e. The normalized spacial score (nSPS) is 15.4. The zero-order valence-electron chi connectivity index (χ0n) is 16.7. The first-order valence-corrected chi connectivity index (χ1v) is 10.4. The maximum absolute atomic E-state index is 13.9. The number of aromatic nitrogens is 3. The molecule has 0 radical (unpaired) electrons. The second kappa shape index (κ2) is 8.31. The van der Waals surface area contributed by atoms with Gasteiger partial charge < -0.3 is 5.32 Å². The van der Waals surface area contributed by atoms with Crippen LogP contribution in [0.4, 0.5) is 16.0 Å². The summed E-state index contributed by atoms with van der Waals surface area (Å²) in [6.45, 7) is 3.24. The highest BCUT2D eigenvalue weighted by atomic mass is 32.2. The van der Waals surface area contributed by atoms with Gasteiger partial charge in [0.25, 0.3) is 5.69 Å². The molecule has 0 saturated carbocycles. The van der Waals surface area contributed by atoms with Crippen molar-refractivity contribution >= 4 is 29.2 Å². The van der Waals surface area contributed by atoms with Crippen LogP contribution < -0.4 is 5.32 Å². The molecule has 0 spiro atoms. The van der Waals surface area contributed by atoms with E-state index < -0.39 is 11.0 Å². The summed E-state index contributed by atoms with van der Waals surface area (Å²) in [5, 5.41) is 19.1. The van der Waals surface area contributed by atoms with Crippen LogP contribution in [0.1, 0.15) is 31.0 Å². The number of nitro groups is 1. The molecular formula is C21H18FN5O3S. The Balaban J connectivity index is 1.69. The maximum atomic E-state index is 13.9. The van der Waals surface area contributed by atoms with E-state index in [0.29, 0.717) is 39.3 Å². The number of non-ortho nitro benzene ring substituents is 1. The van der Waals surface area contributed by atoms with Crippen LogP contribution in [0.3, 0.4) is 0 Å². The van der Waals surface area contributed by atoms with Crippen molar-refractivity contribution in [1.82, 2.24) is 14.8 Å². The Morgan fingerprint density at radius 1 is 1.26 bits per heavy atom. The summed E-state index contributed by atoms with van der Waals surface area (Å²) in [6, 6.07) is 11.9. The third-order valence-corrected chi connectivity index (χ3v) is 5.83. The fraction of sp³-hybridized carbons (Fsp3) is 0.190. The molecule has 10 heteroatoms. The second-order valence-electron chi connectivity index (χ2n) is 7.01. The molecule has 2 heterocycles. The van der Waals surface area contributed by atoms with E-state index in [1.807, 2.05) is 0 Å². The van der Waals surface area contributed by atoms with Gasteiger partial charge in [-0.05, 0) is 43.2 Å². The number of Topliss-reactive ketones (excluding diaryl/α,β-unsaturated/α-hetero) is 1. The molecule has 1 unspecified atom stereocenters. The quantitative estimate of drug-likeness (QED) is 0.343. The Kier molecular flexibility index (Phi) is 5.55. The first kappa shape index (κ1) is 20.7. The van der Waals surface area contributed by atoms with Gasteiger partial charge in [0.2, 0.25) is 11.1 Å². The number of rotatable bonds is 6. The Morgan fingerprint density at radius 3 is 2.61 bits per heavy atom. The van der Waals surface area contributed by atoms with E-state index in [1.165, 1.54) is 36.9 Å². The van der Waals surface area contributed by atoms with Crippen LogP contribution in [0.25, 0.3) is 0 Å². The maximum Gasteiger partial charge on any atom is 0.269 e. The topological polar surface area (TPSA) is 103 Å². The zero-order chi connectivity index (χ0) is 22.1. The van der Waals surface area contributed by atoms with Crippen LogP contribution >= 0.6 is 11.8 Å². The van der Waals surface area contributed by atoms with Gasteiger partial charge in [-0.3, -0.25) is 14.9 Å². The molecule has 1 aliphatic heterocycles. The fourth-order valence-corrected chi connectivity index (χ4v) is 4.31. The predicted molar refractivity (Wildman–Crippen MR) is 114 cm³/mol. The predicted octanol–water partition coefficient (Wildman–Crippen LogP) is 4.50. The molecule has 2 aromatic carbocycles. The van der Waals surface area contributed by atoms with Crippen LogP contribution in [-0.2, 0) is 10.5 Å². The number of carbonyl (C=O) groups is 1. The van der Waals surface area contributed by atoms with Crippen molar-refractivity contribution in [2.24, 2.45) is 0 Å². The second-order valence-corrected chi connectivity index (χ2v) is 7.96. The number of hydrogen-bond donors (Lipinski definition) is 1.